The Morgan fingerprint density at radius 1 is 1.12 bits per heavy atom. The summed E-state index contributed by atoms with van der Waals surface area (Å²) in [6.07, 6.45) is 0.994. The second kappa shape index (κ2) is 9.49. The number of likely N-dealkylation sites (tertiary alicyclic amines) is 1. The fourth-order valence-corrected chi connectivity index (χ4v) is 5.16. The van der Waals surface area contributed by atoms with Crippen LogP contribution in [0.2, 0.25) is 0 Å². The molecule has 2 aromatic rings. The Kier molecular flexibility index (Phi) is 6.64. The third-order valence-electron chi connectivity index (χ3n) is 7.46. The molecule has 1 fully saturated rings. The molecule has 2 aliphatic rings. The number of hydrogen-bond acceptors (Lipinski definition) is 4. The minimum atomic E-state index is -1.26. The molecule has 4 rings (SSSR count). The molecule has 0 bridgehead atoms. The topological polar surface area (TPSA) is 95.9 Å². The standard InChI is InChI=1S/C27H32N2O5/c1-4-17(2)23(24(30)29-15-9-14-27(29,3)25(31)32)28-26(33)34-16-22-20-12-7-5-10-18(20)19-11-6-8-13-21(19)22/h5-8,10-13,17,22-23H,4,9,14-16H2,1-3H3,(H,28,33)(H,31,32)/t17?,23?,27-/m0/s1. The summed E-state index contributed by atoms with van der Waals surface area (Å²) < 4.78 is 5.64. The Balaban J connectivity index is 1.47. The largest absolute Gasteiger partial charge is 0.480 e. The van der Waals surface area contributed by atoms with Crippen molar-refractivity contribution >= 4 is 18.0 Å². The number of aliphatic carboxylic acids is 1. The number of benzene rings is 2. The van der Waals surface area contributed by atoms with Crippen LogP contribution in [0.15, 0.2) is 48.5 Å². The van der Waals surface area contributed by atoms with Crippen molar-refractivity contribution in [3.63, 3.8) is 0 Å². The van der Waals surface area contributed by atoms with Gasteiger partial charge >= 0.3 is 12.1 Å². The fraction of sp³-hybridized carbons (Fsp3) is 0.444. The maximum Gasteiger partial charge on any atom is 0.407 e. The van der Waals surface area contributed by atoms with Gasteiger partial charge in [-0.25, -0.2) is 9.59 Å². The third-order valence-corrected chi connectivity index (χ3v) is 7.46. The molecular formula is C27H32N2O5. The second-order valence-corrected chi connectivity index (χ2v) is 9.51. The summed E-state index contributed by atoms with van der Waals surface area (Å²) in [4.78, 5) is 39.5. The van der Waals surface area contributed by atoms with E-state index in [-0.39, 0.29) is 24.3 Å². The van der Waals surface area contributed by atoms with E-state index >= 15 is 0 Å². The normalized spacial score (nSPS) is 20.9. The first-order chi connectivity index (χ1) is 16.3. The molecule has 0 radical (unpaired) electrons. The van der Waals surface area contributed by atoms with E-state index in [4.69, 9.17) is 4.74 Å². The van der Waals surface area contributed by atoms with E-state index in [2.05, 4.69) is 17.4 Å². The van der Waals surface area contributed by atoms with Crippen molar-refractivity contribution in [2.24, 2.45) is 5.92 Å². The molecule has 2 N–H and O–H groups in total. The van der Waals surface area contributed by atoms with Crippen molar-refractivity contribution in [3.8, 4) is 11.1 Å². The number of carboxylic acids is 1. The number of nitrogens with one attached hydrogen (secondary N) is 1. The lowest BCUT2D eigenvalue weighted by Crippen LogP contribution is -2.58. The molecule has 2 amide bonds. The second-order valence-electron chi connectivity index (χ2n) is 9.51. The van der Waals surface area contributed by atoms with E-state index in [1.165, 1.54) is 4.90 Å². The van der Waals surface area contributed by atoms with Gasteiger partial charge in [0.05, 0.1) is 0 Å². The molecule has 34 heavy (non-hydrogen) atoms. The summed E-state index contributed by atoms with van der Waals surface area (Å²) in [6.45, 7) is 5.89. The number of ether oxygens (including phenoxy) is 1. The molecule has 180 valence electrons. The summed E-state index contributed by atoms with van der Waals surface area (Å²) >= 11 is 0. The number of hydrogen-bond donors (Lipinski definition) is 2. The first-order valence-electron chi connectivity index (χ1n) is 11.9. The predicted octanol–water partition coefficient (Wildman–Crippen LogP) is 4.41. The van der Waals surface area contributed by atoms with Crippen molar-refractivity contribution < 1.29 is 24.2 Å². The third kappa shape index (κ3) is 4.15. The number of carbonyl (C=O) groups is 3. The summed E-state index contributed by atoms with van der Waals surface area (Å²) in [6, 6.07) is 15.3. The molecule has 1 aliphatic heterocycles. The quantitative estimate of drug-likeness (QED) is 0.633. The Morgan fingerprint density at radius 3 is 2.26 bits per heavy atom. The van der Waals surface area contributed by atoms with E-state index < -0.39 is 23.6 Å². The Morgan fingerprint density at radius 2 is 1.71 bits per heavy atom. The molecule has 0 spiro atoms. The number of carbonyl (C=O) groups excluding carboxylic acids is 2. The van der Waals surface area contributed by atoms with Crippen LogP contribution < -0.4 is 5.32 Å². The molecule has 0 saturated carbocycles. The fourth-order valence-electron chi connectivity index (χ4n) is 5.16. The van der Waals surface area contributed by atoms with Crippen LogP contribution in [0.1, 0.15) is 57.1 Å². The first-order valence-corrected chi connectivity index (χ1v) is 11.9. The molecule has 3 atom stereocenters. The van der Waals surface area contributed by atoms with E-state index in [1.54, 1.807) is 6.92 Å². The smallest absolute Gasteiger partial charge is 0.407 e. The highest BCUT2D eigenvalue weighted by molar-refractivity contribution is 5.92. The van der Waals surface area contributed by atoms with Crippen LogP contribution in [0.25, 0.3) is 11.1 Å². The van der Waals surface area contributed by atoms with Gasteiger partial charge in [-0.1, -0.05) is 68.8 Å². The highest BCUT2D eigenvalue weighted by atomic mass is 16.5. The summed E-state index contributed by atoms with van der Waals surface area (Å²) in [5.74, 6) is -1.65. The SMILES string of the molecule is CCC(C)C(NC(=O)OCC1c2ccccc2-c2ccccc21)C(=O)N1CCC[C@@]1(C)C(=O)O. The average Bonchev–Trinajstić information content (AvgIpc) is 3.39. The van der Waals surface area contributed by atoms with Gasteiger partial charge in [-0.15, -0.1) is 0 Å². The summed E-state index contributed by atoms with van der Waals surface area (Å²) in [5.41, 5.74) is 3.25. The van der Waals surface area contributed by atoms with Gasteiger partial charge in [0.1, 0.15) is 18.2 Å². The van der Waals surface area contributed by atoms with Crippen LogP contribution in [0, 0.1) is 5.92 Å². The van der Waals surface area contributed by atoms with Crippen LogP contribution in [0.4, 0.5) is 4.79 Å². The van der Waals surface area contributed by atoms with Crippen molar-refractivity contribution in [3.05, 3.63) is 59.7 Å². The summed E-state index contributed by atoms with van der Waals surface area (Å²) in [7, 11) is 0. The van der Waals surface area contributed by atoms with E-state index in [0.29, 0.717) is 25.8 Å². The molecular weight excluding hydrogens is 432 g/mol. The highest BCUT2D eigenvalue weighted by Crippen LogP contribution is 2.44. The van der Waals surface area contributed by atoms with Gasteiger partial charge < -0.3 is 20.1 Å². The van der Waals surface area contributed by atoms with Crippen LogP contribution in [0.3, 0.4) is 0 Å². The predicted molar refractivity (Wildman–Crippen MR) is 128 cm³/mol. The van der Waals surface area contributed by atoms with Gasteiger partial charge in [0.2, 0.25) is 5.91 Å². The molecule has 7 nitrogen and oxygen atoms in total. The van der Waals surface area contributed by atoms with Crippen LogP contribution in [-0.2, 0) is 14.3 Å². The minimum absolute atomic E-state index is 0.0789. The molecule has 0 aromatic heterocycles. The van der Waals surface area contributed by atoms with Gasteiger partial charge in [0.25, 0.3) is 0 Å². The van der Waals surface area contributed by atoms with Gasteiger partial charge in [0.15, 0.2) is 0 Å². The zero-order chi connectivity index (χ0) is 24.5. The van der Waals surface area contributed by atoms with Gasteiger partial charge in [-0.3, -0.25) is 4.79 Å². The van der Waals surface area contributed by atoms with E-state index in [1.807, 2.05) is 50.2 Å². The van der Waals surface area contributed by atoms with Crippen molar-refractivity contribution in [1.82, 2.24) is 10.2 Å². The lowest BCUT2D eigenvalue weighted by atomic mass is 9.94. The van der Waals surface area contributed by atoms with Gasteiger partial charge in [0, 0.05) is 12.5 Å². The van der Waals surface area contributed by atoms with Crippen molar-refractivity contribution in [2.45, 2.75) is 57.5 Å². The maximum atomic E-state index is 13.4. The molecule has 1 heterocycles. The lowest BCUT2D eigenvalue weighted by molar-refractivity contribution is -0.156. The molecule has 1 saturated heterocycles. The monoisotopic (exact) mass is 464 g/mol. The van der Waals surface area contributed by atoms with Gasteiger partial charge in [-0.05, 0) is 47.9 Å². The lowest BCUT2D eigenvalue weighted by Gasteiger charge is -2.35. The number of alkyl carbamates (subject to hydrolysis) is 1. The van der Waals surface area contributed by atoms with Crippen LogP contribution in [0.5, 0.6) is 0 Å². The minimum Gasteiger partial charge on any atom is -0.480 e. The number of fused-ring (bicyclic) bond motifs is 3. The molecule has 7 heteroatoms. The number of carboxylic acid groups (broad SMARTS) is 1. The summed E-state index contributed by atoms with van der Waals surface area (Å²) in [5, 5.41) is 12.5. The molecule has 2 aromatic carbocycles. The molecule has 2 unspecified atom stereocenters. The Labute approximate surface area is 200 Å². The zero-order valence-corrected chi connectivity index (χ0v) is 19.9. The number of amides is 2. The number of nitrogens with zero attached hydrogens (tertiary/aromatic N) is 1. The van der Waals surface area contributed by atoms with E-state index in [9.17, 15) is 19.5 Å². The van der Waals surface area contributed by atoms with Crippen LogP contribution in [-0.4, -0.2) is 52.7 Å². The Hall–Kier alpha value is -3.35. The van der Waals surface area contributed by atoms with Crippen molar-refractivity contribution in [2.75, 3.05) is 13.2 Å². The van der Waals surface area contributed by atoms with Gasteiger partial charge in [-0.2, -0.15) is 0 Å². The van der Waals surface area contributed by atoms with Crippen LogP contribution >= 0.6 is 0 Å². The maximum absolute atomic E-state index is 13.4. The molecule has 1 aliphatic carbocycles. The highest BCUT2D eigenvalue weighted by Gasteiger charge is 2.48. The average molecular weight is 465 g/mol. The van der Waals surface area contributed by atoms with E-state index in [0.717, 1.165) is 22.3 Å². The zero-order valence-electron chi connectivity index (χ0n) is 19.9. The Bertz CT molecular complexity index is 1050. The number of rotatable bonds is 7. The van der Waals surface area contributed by atoms with Crippen molar-refractivity contribution in [1.29, 1.82) is 0 Å². The first kappa shape index (κ1) is 23.8.